The van der Waals surface area contributed by atoms with Crippen molar-refractivity contribution in [2.45, 2.75) is 123 Å². The number of rotatable bonds is 12. The SMILES string of the molecule is C=C(O)[C@@H](NC(=O)N[C@@H]1CCCC[C@H](Cc2ccccc2)C(=O)NNC(=O)[C@H](Cc2c[nH]c3ccccc23)N(C)C(=O)[C@H](CC(C)C)CC(=O)[C@H](C(C)C)NC1=O)[C@@H](C)CC. The van der Waals surface area contributed by atoms with Gasteiger partial charge in [0, 0.05) is 48.8 Å². The minimum Gasteiger partial charge on any atom is -0.511 e. The van der Waals surface area contributed by atoms with Gasteiger partial charge in [0.25, 0.3) is 5.91 Å². The van der Waals surface area contributed by atoms with Gasteiger partial charge in [-0.2, -0.15) is 0 Å². The minimum atomic E-state index is -1.08. The number of H-pyrrole nitrogens is 1. The molecule has 1 aliphatic rings. The molecule has 0 aliphatic carbocycles. The zero-order chi connectivity index (χ0) is 44.8. The van der Waals surface area contributed by atoms with Crippen LogP contribution in [-0.4, -0.2) is 81.6 Å². The van der Waals surface area contributed by atoms with E-state index in [1.807, 2.05) is 88.5 Å². The van der Waals surface area contributed by atoms with Crippen molar-refractivity contribution in [1.82, 2.24) is 36.7 Å². The Balaban J connectivity index is 1.72. The van der Waals surface area contributed by atoms with E-state index in [2.05, 4.69) is 38.4 Å². The predicted molar refractivity (Wildman–Crippen MR) is 237 cm³/mol. The van der Waals surface area contributed by atoms with Crippen LogP contribution in [-0.2, 0) is 36.8 Å². The topological polar surface area (TPSA) is 202 Å². The van der Waals surface area contributed by atoms with Gasteiger partial charge in [-0.25, -0.2) is 4.79 Å². The van der Waals surface area contributed by atoms with Gasteiger partial charge in [0.2, 0.25) is 17.7 Å². The fourth-order valence-corrected chi connectivity index (χ4v) is 8.11. The normalized spacial score (nSPS) is 22.7. The molecule has 14 nitrogen and oxygen atoms in total. The van der Waals surface area contributed by atoms with Gasteiger partial charge in [0.1, 0.15) is 17.8 Å². The zero-order valence-electron chi connectivity index (χ0n) is 36.9. The number of nitrogens with one attached hydrogen (secondary N) is 6. The Bertz CT molecular complexity index is 1980. The lowest BCUT2D eigenvalue weighted by Crippen LogP contribution is -2.56. The number of para-hydroxylation sites is 1. The van der Waals surface area contributed by atoms with Crippen LogP contribution in [0, 0.1) is 29.6 Å². The molecule has 6 amide bonds. The fraction of sp³-hybridized carbons (Fsp3) is 0.532. The van der Waals surface area contributed by atoms with Crippen LogP contribution in [0.5, 0.6) is 0 Å². The number of ketones is 1. The average molecular weight is 842 g/mol. The Morgan fingerprint density at radius 2 is 1.52 bits per heavy atom. The maximum absolute atomic E-state index is 14.6. The molecule has 2 aromatic carbocycles. The number of amides is 6. The van der Waals surface area contributed by atoms with Crippen LogP contribution in [0.2, 0.25) is 0 Å². The highest BCUT2D eigenvalue weighted by atomic mass is 16.3. The average Bonchev–Trinajstić information content (AvgIpc) is 3.64. The number of carbonyl (C=O) groups is 6. The Kier molecular flexibility index (Phi) is 17.9. The summed E-state index contributed by atoms with van der Waals surface area (Å²) < 4.78 is 0. The number of benzene rings is 2. The van der Waals surface area contributed by atoms with E-state index in [1.165, 1.54) is 4.90 Å². The van der Waals surface area contributed by atoms with Crippen LogP contribution in [0.3, 0.4) is 0 Å². The molecule has 14 heteroatoms. The molecular formula is C47H67N7O7. The second-order valence-electron chi connectivity index (χ2n) is 17.4. The van der Waals surface area contributed by atoms with Crippen molar-refractivity contribution in [2.75, 3.05) is 7.05 Å². The summed E-state index contributed by atoms with van der Waals surface area (Å²) in [7, 11) is 1.54. The minimum absolute atomic E-state index is 0.00641. The highest BCUT2D eigenvalue weighted by Gasteiger charge is 2.37. The second kappa shape index (κ2) is 22.8. The molecule has 61 heavy (non-hydrogen) atoms. The first-order chi connectivity index (χ1) is 29.0. The highest BCUT2D eigenvalue weighted by molar-refractivity contribution is 5.96. The molecule has 3 aromatic rings. The first-order valence-corrected chi connectivity index (χ1v) is 21.7. The molecule has 4 rings (SSSR count). The van der Waals surface area contributed by atoms with Crippen LogP contribution < -0.4 is 26.8 Å². The van der Waals surface area contributed by atoms with Gasteiger partial charge >= 0.3 is 6.03 Å². The molecule has 1 aliphatic heterocycles. The largest absolute Gasteiger partial charge is 0.511 e. The molecule has 0 unspecified atom stereocenters. The standard InChI is InChI=1S/C47H67N7O7/c1-9-30(6)42(31(7)55)51-47(61)49-38-22-15-13-19-33(24-32-17-11-10-12-18-32)43(57)52-53-45(59)39(25-35-27-48-37-21-16-14-20-36(35)37)54(8)46(60)34(23-28(2)3)26-40(56)41(29(4)5)50-44(38)58/h10-12,14,16-18,20-21,27-30,33-34,38-39,41-42,48,55H,7,9,13,15,19,22-26H2,1-6,8H3,(H,50,58)(H,52,57)(H,53,59)(H2,49,51,61)/t30-,33+,34+,38+,39-,41-,42-/m0/s1. The van der Waals surface area contributed by atoms with E-state index >= 15 is 0 Å². The molecule has 0 bridgehead atoms. The number of aromatic amines is 1. The maximum Gasteiger partial charge on any atom is 0.316 e. The molecular weight excluding hydrogens is 775 g/mol. The lowest BCUT2D eigenvalue weighted by atomic mass is 9.86. The molecule has 2 heterocycles. The summed E-state index contributed by atoms with van der Waals surface area (Å²) in [6.45, 7) is 14.9. The second-order valence-corrected chi connectivity index (χ2v) is 17.4. The molecule has 1 fully saturated rings. The maximum atomic E-state index is 14.6. The molecule has 7 atom stereocenters. The van der Waals surface area contributed by atoms with Crippen molar-refractivity contribution < 1.29 is 33.9 Å². The van der Waals surface area contributed by atoms with Crippen molar-refractivity contribution in [2.24, 2.45) is 29.6 Å². The van der Waals surface area contributed by atoms with E-state index in [9.17, 15) is 33.9 Å². The number of hydrogen-bond acceptors (Lipinski definition) is 7. The highest BCUT2D eigenvalue weighted by Crippen LogP contribution is 2.26. The molecule has 0 saturated carbocycles. The van der Waals surface area contributed by atoms with Crippen molar-refractivity contribution in [3.8, 4) is 0 Å². The van der Waals surface area contributed by atoms with Crippen LogP contribution in [0.4, 0.5) is 4.79 Å². The third kappa shape index (κ3) is 13.7. The summed E-state index contributed by atoms with van der Waals surface area (Å²) in [6, 6.07) is 12.6. The van der Waals surface area contributed by atoms with Crippen LogP contribution in [0.15, 0.2) is 73.1 Å². The number of aromatic nitrogens is 1. The van der Waals surface area contributed by atoms with Gasteiger partial charge in [-0.05, 0) is 60.6 Å². The summed E-state index contributed by atoms with van der Waals surface area (Å²) in [4.78, 5) is 89.2. The van der Waals surface area contributed by atoms with E-state index in [-0.39, 0.29) is 48.6 Å². The number of aliphatic hydroxyl groups is 1. The molecule has 0 radical (unpaired) electrons. The number of Topliss-reactive ketones (excluding diaryl/α,β-unsaturated/α-hetero) is 1. The Hall–Kier alpha value is -5.66. The van der Waals surface area contributed by atoms with Gasteiger partial charge in [0.15, 0.2) is 5.78 Å². The van der Waals surface area contributed by atoms with Crippen LogP contribution in [0.1, 0.15) is 97.6 Å². The Morgan fingerprint density at radius 3 is 2.18 bits per heavy atom. The first-order valence-electron chi connectivity index (χ1n) is 21.7. The summed E-state index contributed by atoms with van der Waals surface area (Å²) in [6.07, 6.45) is 4.57. The number of hydrazine groups is 1. The van der Waals surface area contributed by atoms with Crippen LogP contribution in [0.25, 0.3) is 10.9 Å². The van der Waals surface area contributed by atoms with E-state index in [0.29, 0.717) is 38.5 Å². The Morgan fingerprint density at radius 1 is 0.869 bits per heavy atom. The number of carbonyl (C=O) groups excluding carboxylic acids is 6. The number of hydrogen-bond donors (Lipinski definition) is 7. The van der Waals surface area contributed by atoms with Crippen molar-refractivity contribution in [1.29, 1.82) is 0 Å². The van der Waals surface area contributed by atoms with E-state index in [0.717, 1.165) is 22.0 Å². The molecule has 0 spiro atoms. The smallest absolute Gasteiger partial charge is 0.316 e. The lowest BCUT2D eigenvalue weighted by Gasteiger charge is -2.32. The summed E-state index contributed by atoms with van der Waals surface area (Å²) in [5, 5.41) is 19.6. The van der Waals surface area contributed by atoms with Gasteiger partial charge in [0.05, 0.1) is 12.1 Å². The number of urea groups is 1. The van der Waals surface area contributed by atoms with E-state index in [1.54, 1.807) is 20.9 Å². The van der Waals surface area contributed by atoms with Crippen molar-refractivity contribution >= 4 is 46.3 Å². The van der Waals surface area contributed by atoms with Gasteiger partial charge < -0.3 is 30.9 Å². The molecule has 1 saturated heterocycles. The fourth-order valence-electron chi connectivity index (χ4n) is 8.11. The predicted octanol–water partition coefficient (Wildman–Crippen LogP) is 6.03. The molecule has 1 aromatic heterocycles. The monoisotopic (exact) mass is 842 g/mol. The third-order valence-electron chi connectivity index (χ3n) is 11.9. The van der Waals surface area contributed by atoms with Gasteiger partial charge in [-0.15, -0.1) is 0 Å². The van der Waals surface area contributed by atoms with E-state index in [4.69, 9.17) is 0 Å². The number of fused-ring (bicyclic) bond motifs is 1. The van der Waals surface area contributed by atoms with Gasteiger partial charge in [-0.1, -0.05) is 116 Å². The molecule has 7 N–H and O–H groups in total. The van der Waals surface area contributed by atoms with Crippen LogP contribution >= 0.6 is 0 Å². The zero-order valence-corrected chi connectivity index (χ0v) is 36.9. The van der Waals surface area contributed by atoms with Crippen molar-refractivity contribution in [3.05, 3.63) is 84.3 Å². The Labute approximate surface area is 360 Å². The van der Waals surface area contributed by atoms with Gasteiger partial charge in [-0.3, -0.25) is 34.8 Å². The van der Waals surface area contributed by atoms with E-state index < -0.39 is 65.7 Å². The summed E-state index contributed by atoms with van der Waals surface area (Å²) in [5.74, 6) is -4.45. The number of aliphatic hydroxyl groups excluding tert-OH is 1. The first kappa shape index (κ1) is 48.0. The lowest BCUT2D eigenvalue weighted by molar-refractivity contribution is -0.145. The molecule has 332 valence electrons. The third-order valence-corrected chi connectivity index (χ3v) is 11.9. The quantitative estimate of drug-likeness (QED) is 0.108. The number of likely N-dealkylation sites (N-methyl/N-ethyl adjacent to an activating group) is 1. The number of nitrogens with zero attached hydrogens (tertiary/aromatic N) is 1. The summed E-state index contributed by atoms with van der Waals surface area (Å²) in [5.41, 5.74) is 7.89. The summed E-state index contributed by atoms with van der Waals surface area (Å²) >= 11 is 0. The van der Waals surface area contributed by atoms with Crippen molar-refractivity contribution in [3.63, 3.8) is 0 Å².